The van der Waals surface area contributed by atoms with Gasteiger partial charge in [-0.1, -0.05) is 24.5 Å². The average Bonchev–Trinajstić information content (AvgIpc) is 2.89. The zero-order chi connectivity index (χ0) is 18.6. The number of thiophene rings is 1. The standard InChI is InChI=1S/C22H27N3OS/c1-16-7-8-19-17(13-16)14-18-15-20(27-22(18)24-19)21(26)23-9-6-12-25-10-4-2-3-5-11-25/h7-8,13-15H,2-6,9-12H2,1H3,(H,23,26). The Morgan fingerprint density at radius 3 is 2.74 bits per heavy atom. The minimum absolute atomic E-state index is 0.0223. The highest BCUT2D eigenvalue weighted by Crippen LogP contribution is 2.27. The monoisotopic (exact) mass is 381 g/mol. The fourth-order valence-corrected chi connectivity index (χ4v) is 4.76. The number of amides is 1. The molecule has 1 aliphatic rings. The second-order valence-electron chi connectivity index (χ2n) is 7.55. The molecule has 0 radical (unpaired) electrons. The van der Waals surface area contributed by atoms with Gasteiger partial charge in [-0.25, -0.2) is 4.98 Å². The van der Waals surface area contributed by atoms with Crippen molar-refractivity contribution in [3.8, 4) is 0 Å². The molecular formula is C22H27N3OS. The molecule has 5 heteroatoms. The first kappa shape index (κ1) is 18.4. The fraction of sp³-hybridized carbons (Fsp3) is 0.455. The number of aromatic nitrogens is 1. The first-order chi connectivity index (χ1) is 13.2. The second kappa shape index (κ2) is 8.36. The van der Waals surface area contributed by atoms with Crippen molar-refractivity contribution in [3.05, 3.63) is 40.8 Å². The Kier molecular flexibility index (Phi) is 5.69. The normalized spacial score (nSPS) is 15.9. The lowest BCUT2D eigenvalue weighted by Crippen LogP contribution is -2.30. The molecule has 0 spiro atoms. The molecule has 3 heterocycles. The summed E-state index contributed by atoms with van der Waals surface area (Å²) in [7, 11) is 0. The second-order valence-corrected chi connectivity index (χ2v) is 8.59. The number of pyridine rings is 1. The summed E-state index contributed by atoms with van der Waals surface area (Å²) in [6, 6.07) is 10.4. The Bertz CT molecular complexity index is 941. The summed E-state index contributed by atoms with van der Waals surface area (Å²) in [5.41, 5.74) is 2.21. The van der Waals surface area contributed by atoms with Gasteiger partial charge in [0, 0.05) is 17.3 Å². The third-order valence-electron chi connectivity index (χ3n) is 5.32. The molecule has 1 N–H and O–H groups in total. The molecular weight excluding hydrogens is 354 g/mol. The highest BCUT2D eigenvalue weighted by atomic mass is 32.1. The third kappa shape index (κ3) is 4.47. The molecule has 142 valence electrons. The van der Waals surface area contributed by atoms with Crippen LogP contribution in [0, 0.1) is 6.92 Å². The molecule has 0 aliphatic carbocycles. The van der Waals surface area contributed by atoms with Crippen LogP contribution >= 0.6 is 11.3 Å². The maximum Gasteiger partial charge on any atom is 0.261 e. The summed E-state index contributed by atoms with van der Waals surface area (Å²) in [5, 5.41) is 5.26. The lowest BCUT2D eigenvalue weighted by Gasteiger charge is -2.19. The van der Waals surface area contributed by atoms with Crippen LogP contribution in [0.2, 0.25) is 0 Å². The number of hydrogen-bond acceptors (Lipinski definition) is 4. The smallest absolute Gasteiger partial charge is 0.261 e. The van der Waals surface area contributed by atoms with E-state index in [2.05, 4.69) is 35.3 Å². The minimum atomic E-state index is 0.0223. The lowest BCUT2D eigenvalue weighted by molar-refractivity contribution is 0.0956. The first-order valence-corrected chi connectivity index (χ1v) is 10.8. The van der Waals surface area contributed by atoms with Crippen molar-refractivity contribution in [2.45, 2.75) is 39.0 Å². The van der Waals surface area contributed by atoms with Gasteiger partial charge in [0.2, 0.25) is 0 Å². The van der Waals surface area contributed by atoms with Crippen LogP contribution in [0.1, 0.15) is 47.3 Å². The van der Waals surface area contributed by atoms with Crippen LogP contribution in [0.25, 0.3) is 21.1 Å². The minimum Gasteiger partial charge on any atom is -0.351 e. The summed E-state index contributed by atoms with van der Waals surface area (Å²) in [4.78, 5) is 21.5. The number of likely N-dealkylation sites (tertiary alicyclic amines) is 1. The van der Waals surface area contributed by atoms with Crippen LogP contribution in [0.4, 0.5) is 0 Å². The van der Waals surface area contributed by atoms with Gasteiger partial charge in [-0.15, -0.1) is 11.3 Å². The Balaban J connectivity index is 1.36. The number of benzene rings is 1. The van der Waals surface area contributed by atoms with E-state index in [0.717, 1.165) is 45.5 Å². The topological polar surface area (TPSA) is 45.2 Å². The number of nitrogens with zero attached hydrogens (tertiary/aromatic N) is 2. The number of nitrogens with one attached hydrogen (secondary N) is 1. The maximum absolute atomic E-state index is 12.5. The summed E-state index contributed by atoms with van der Waals surface area (Å²) in [6.07, 6.45) is 6.37. The van der Waals surface area contributed by atoms with E-state index in [1.807, 2.05) is 12.1 Å². The van der Waals surface area contributed by atoms with E-state index >= 15 is 0 Å². The van der Waals surface area contributed by atoms with Crippen molar-refractivity contribution in [1.29, 1.82) is 0 Å². The molecule has 1 fully saturated rings. The molecule has 3 aromatic rings. The van der Waals surface area contributed by atoms with Gasteiger partial charge in [-0.2, -0.15) is 0 Å². The molecule has 0 unspecified atom stereocenters. The SMILES string of the molecule is Cc1ccc2nc3sc(C(=O)NCCCN4CCCCCC4)cc3cc2c1. The first-order valence-electron chi connectivity index (χ1n) is 10.0. The predicted molar refractivity (Wildman–Crippen MR) is 114 cm³/mol. The quantitative estimate of drug-likeness (QED) is 0.649. The van der Waals surface area contributed by atoms with Gasteiger partial charge in [0.1, 0.15) is 4.83 Å². The molecule has 4 rings (SSSR count). The summed E-state index contributed by atoms with van der Waals surface area (Å²) in [6.45, 7) is 6.32. The Labute approximate surface area is 164 Å². The van der Waals surface area contributed by atoms with Crippen molar-refractivity contribution in [2.75, 3.05) is 26.2 Å². The number of carbonyl (C=O) groups excluding carboxylic acids is 1. The highest BCUT2D eigenvalue weighted by Gasteiger charge is 2.12. The molecule has 4 nitrogen and oxygen atoms in total. The van der Waals surface area contributed by atoms with Crippen LogP contribution in [-0.4, -0.2) is 42.0 Å². The zero-order valence-corrected chi connectivity index (χ0v) is 16.8. The van der Waals surface area contributed by atoms with E-state index in [4.69, 9.17) is 4.98 Å². The number of fused-ring (bicyclic) bond motifs is 2. The van der Waals surface area contributed by atoms with Crippen LogP contribution in [0.5, 0.6) is 0 Å². The van der Waals surface area contributed by atoms with Gasteiger partial charge < -0.3 is 10.2 Å². The van der Waals surface area contributed by atoms with Crippen molar-refractivity contribution in [3.63, 3.8) is 0 Å². The van der Waals surface area contributed by atoms with Gasteiger partial charge >= 0.3 is 0 Å². The molecule has 0 bridgehead atoms. The number of hydrogen-bond donors (Lipinski definition) is 1. The van der Waals surface area contributed by atoms with Gasteiger partial charge in [-0.3, -0.25) is 4.79 Å². The van der Waals surface area contributed by atoms with Crippen molar-refractivity contribution < 1.29 is 4.79 Å². The summed E-state index contributed by atoms with van der Waals surface area (Å²) in [5.74, 6) is 0.0223. The largest absolute Gasteiger partial charge is 0.351 e. The molecule has 27 heavy (non-hydrogen) atoms. The maximum atomic E-state index is 12.5. The summed E-state index contributed by atoms with van der Waals surface area (Å²) >= 11 is 1.48. The van der Waals surface area contributed by atoms with Crippen LogP contribution in [0.15, 0.2) is 30.3 Å². The molecule has 0 saturated carbocycles. The van der Waals surface area contributed by atoms with Crippen molar-refractivity contribution >= 4 is 38.4 Å². The van der Waals surface area contributed by atoms with E-state index in [1.54, 1.807) is 0 Å². The van der Waals surface area contributed by atoms with Crippen LogP contribution in [-0.2, 0) is 0 Å². The fourth-order valence-electron chi connectivity index (χ4n) is 3.82. The zero-order valence-electron chi connectivity index (χ0n) is 16.0. The van der Waals surface area contributed by atoms with Crippen LogP contribution < -0.4 is 5.32 Å². The Hall–Kier alpha value is -1.98. The molecule has 1 saturated heterocycles. The van der Waals surface area contributed by atoms with Gasteiger partial charge in [0.15, 0.2) is 0 Å². The van der Waals surface area contributed by atoms with Gasteiger partial charge in [0.05, 0.1) is 10.4 Å². The lowest BCUT2D eigenvalue weighted by atomic mass is 10.1. The summed E-state index contributed by atoms with van der Waals surface area (Å²) < 4.78 is 0. The van der Waals surface area contributed by atoms with E-state index in [0.29, 0.717) is 0 Å². The average molecular weight is 382 g/mol. The molecule has 1 aromatic carbocycles. The van der Waals surface area contributed by atoms with E-state index in [9.17, 15) is 4.79 Å². The Morgan fingerprint density at radius 1 is 1.11 bits per heavy atom. The van der Waals surface area contributed by atoms with E-state index in [1.165, 1.54) is 55.7 Å². The van der Waals surface area contributed by atoms with E-state index in [-0.39, 0.29) is 5.91 Å². The number of carbonyl (C=O) groups is 1. The van der Waals surface area contributed by atoms with Gasteiger partial charge in [-0.05, 0) is 70.1 Å². The molecule has 1 amide bonds. The molecule has 2 aromatic heterocycles. The van der Waals surface area contributed by atoms with Crippen LogP contribution in [0.3, 0.4) is 0 Å². The number of rotatable bonds is 5. The predicted octanol–water partition coefficient (Wildman–Crippen LogP) is 4.75. The third-order valence-corrected chi connectivity index (χ3v) is 6.36. The Morgan fingerprint density at radius 2 is 1.93 bits per heavy atom. The molecule has 1 aliphatic heterocycles. The van der Waals surface area contributed by atoms with Crippen molar-refractivity contribution in [1.82, 2.24) is 15.2 Å². The van der Waals surface area contributed by atoms with Gasteiger partial charge in [0.25, 0.3) is 5.91 Å². The van der Waals surface area contributed by atoms with Crippen molar-refractivity contribution in [2.24, 2.45) is 0 Å². The highest BCUT2D eigenvalue weighted by molar-refractivity contribution is 7.20. The molecule has 0 atom stereocenters. The number of aryl methyl sites for hydroxylation is 1. The van der Waals surface area contributed by atoms with E-state index < -0.39 is 0 Å².